The van der Waals surface area contributed by atoms with Gasteiger partial charge in [0, 0.05) is 5.57 Å². The van der Waals surface area contributed by atoms with E-state index in [0.717, 1.165) is 0 Å². The van der Waals surface area contributed by atoms with E-state index in [0.29, 0.717) is 18.8 Å². The molecule has 0 heterocycles. The van der Waals surface area contributed by atoms with Crippen LogP contribution in [0.15, 0.2) is 12.2 Å². The molecule has 0 amide bonds. The minimum absolute atomic E-state index is 0.0168. The fraction of sp³-hybridized carbons (Fsp3) is 0.667. The average molecular weight is 207 g/mol. The summed E-state index contributed by atoms with van der Waals surface area (Å²) in [6, 6.07) is 0. The number of rotatable bonds is 6. The molecule has 3 nitrogen and oxygen atoms in total. The van der Waals surface area contributed by atoms with Crippen molar-refractivity contribution in [3.63, 3.8) is 0 Å². The summed E-state index contributed by atoms with van der Waals surface area (Å²) >= 11 is 5.62. The Balaban J connectivity index is 3.26. The first kappa shape index (κ1) is 12.5. The summed E-state index contributed by atoms with van der Waals surface area (Å²) in [6.45, 7) is 7.96. The van der Waals surface area contributed by atoms with E-state index in [4.69, 9.17) is 21.1 Å². The number of halogens is 1. The third-order valence-electron chi connectivity index (χ3n) is 1.16. The second kappa shape index (κ2) is 6.92. The molecule has 0 aromatic carbocycles. The van der Waals surface area contributed by atoms with Gasteiger partial charge in [0.15, 0.2) is 0 Å². The second-order valence-electron chi connectivity index (χ2n) is 2.77. The molecule has 0 saturated carbocycles. The van der Waals surface area contributed by atoms with Crippen LogP contribution in [0.5, 0.6) is 0 Å². The van der Waals surface area contributed by atoms with Crippen molar-refractivity contribution in [2.24, 2.45) is 0 Å². The van der Waals surface area contributed by atoms with Gasteiger partial charge < -0.3 is 9.47 Å². The molecule has 0 aliphatic carbocycles. The second-order valence-corrected chi connectivity index (χ2v) is 3.52. The van der Waals surface area contributed by atoms with E-state index in [9.17, 15) is 4.79 Å². The highest BCUT2D eigenvalue weighted by atomic mass is 35.5. The largest absolute Gasteiger partial charge is 0.460 e. The summed E-state index contributed by atoms with van der Waals surface area (Å²) in [5.41, 5.74) is 0.394. The van der Waals surface area contributed by atoms with Crippen molar-refractivity contribution in [1.82, 2.24) is 0 Å². The lowest BCUT2D eigenvalue weighted by Crippen LogP contribution is -2.13. The SMILES string of the molecule is C=C(C)C(=O)OCCOCC(C)Cl. The summed E-state index contributed by atoms with van der Waals surface area (Å²) in [5, 5.41) is -0.0168. The lowest BCUT2D eigenvalue weighted by molar-refractivity contribution is -0.140. The predicted molar refractivity (Wildman–Crippen MR) is 51.9 cm³/mol. The van der Waals surface area contributed by atoms with Crippen LogP contribution < -0.4 is 0 Å². The fourth-order valence-corrected chi connectivity index (χ4v) is 0.651. The quantitative estimate of drug-likeness (QED) is 0.288. The maximum absolute atomic E-state index is 10.8. The molecule has 1 atom stereocenters. The van der Waals surface area contributed by atoms with E-state index in [1.165, 1.54) is 0 Å². The van der Waals surface area contributed by atoms with Crippen molar-refractivity contribution in [2.75, 3.05) is 19.8 Å². The van der Waals surface area contributed by atoms with E-state index in [-0.39, 0.29) is 18.0 Å². The van der Waals surface area contributed by atoms with E-state index in [1.807, 2.05) is 6.92 Å². The van der Waals surface area contributed by atoms with Gasteiger partial charge in [-0.1, -0.05) is 6.58 Å². The zero-order valence-electron chi connectivity index (χ0n) is 8.01. The Labute approximate surface area is 83.7 Å². The lowest BCUT2D eigenvalue weighted by atomic mass is 10.4. The number of hydrogen-bond acceptors (Lipinski definition) is 3. The van der Waals surface area contributed by atoms with Crippen LogP contribution in [0.4, 0.5) is 0 Å². The molecule has 0 radical (unpaired) electrons. The number of esters is 1. The highest BCUT2D eigenvalue weighted by molar-refractivity contribution is 6.20. The van der Waals surface area contributed by atoms with Gasteiger partial charge in [-0.15, -0.1) is 11.6 Å². The third-order valence-corrected chi connectivity index (χ3v) is 1.28. The monoisotopic (exact) mass is 206 g/mol. The van der Waals surface area contributed by atoms with Crippen LogP contribution in [0.2, 0.25) is 0 Å². The summed E-state index contributed by atoms with van der Waals surface area (Å²) in [6.07, 6.45) is 0. The van der Waals surface area contributed by atoms with E-state index in [1.54, 1.807) is 6.92 Å². The lowest BCUT2D eigenvalue weighted by Gasteiger charge is -2.06. The van der Waals surface area contributed by atoms with Gasteiger partial charge in [0.05, 0.1) is 18.6 Å². The molecule has 0 aromatic rings. The molecule has 0 saturated heterocycles. The van der Waals surface area contributed by atoms with Crippen LogP contribution in [0, 0.1) is 0 Å². The minimum Gasteiger partial charge on any atom is -0.460 e. The van der Waals surface area contributed by atoms with Crippen molar-refractivity contribution in [2.45, 2.75) is 19.2 Å². The first-order chi connectivity index (χ1) is 6.04. The summed E-state index contributed by atoms with van der Waals surface area (Å²) in [5.74, 6) is -0.387. The van der Waals surface area contributed by atoms with Gasteiger partial charge in [0.2, 0.25) is 0 Å². The van der Waals surface area contributed by atoms with Crippen LogP contribution >= 0.6 is 11.6 Å². The molecule has 0 aromatic heterocycles. The first-order valence-electron chi connectivity index (χ1n) is 4.08. The maximum atomic E-state index is 10.8. The molecule has 0 aliphatic heterocycles. The van der Waals surface area contributed by atoms with Crippen LogP contribution in [0.3, 0.4) is 0 Å². The smallest absolute Gasteiger partial charge is 0.333 e. The topological polar surface area (TPSA) is 35.5 Å². The van der Waals surface area contributed by atoms with E-state index >= 15 is 0 Å². The Morgan fingerprint density at radius 3 is 2.62 bits per heavy atom. The Morgan fingerprint density at radius 2 is 2.15 bits per heavy atom. The number of alkyl halides is 1. The summed E-state index contributed by atoms with van der Waals surface area (Å²) < 4.78 is 9.87. The Morgan fingerprint density at radius 1 is 1.54 bits per heavy atom. The first-order valence-corrected chi connectivity index (χ1v) is 4.52. The number of hydrogen-bond donors (Lipinski definition) is 0. The number of ether oxygens (including phenoxy) is 2. The van der Waals surface area contributed by atoms with Crippen molar-refractivity contribution in [1.29, 1.82) is 0 Å². The van der Waals surface area contributed by atoms with Gasteiger partial charge in [0.25, 0.3) is 0 Å². The zero-order valence-corrected chi connectivity index (χ0v) is 8.76. The van der Waals surface area contributed by atoms with Gasteiger partial charge in [0.1, 0.15) is 6.61 Å². The molecule has 0 spiro atoms. The third kappa shape index (κ3) is 7.81. The average Bonchev–Trinajstić information content (AvgIpc) is 2.02. The predicted octanol–water partition coefficient (Wildman–Crippen LogP) is 1.75. The Kier molecular flexibility index (Phi) is 6.63. The highest BCUT2D eigenvalue weighted by Crippen LogP contribution is 1.95. The molecule has 1 unspecified atom stereocenters. The molecule has 4 heteroatoms. The molecule has 0 rings (SSSR count). The molecule has 0 aliphatic rings. The van der Waals surface area contributed by atoms with Crippen molar-refractivity contribution >= 4 is 17.6 Å². The normalized spacial score (nSPS) is 12.2. The molecule has 0 bridgehead atoms. The van der Waals surface area contributed by atoms with Crippen LogP contribution in [-0.2, 0) is 14.3 Å². The number of carbonyl (C=O) groups is 1. The Bertz CT molecular complexity index is 178. The van der Waals surface area contributed by atoms with Gasteiger partial charge in [-0.25, -0.2) is 4.79 Å². The highest BCUT2D eigenvalue weighted by Gasteiger charge is 2.02. The molecule has 0 fully saturated rings. The molecule has 13 heavy (non-hydrogen) atoms. The number of carbonyl (C=O) groups excluding carboxylic acids is 1. The van der Waals surface area contributed by atoms with Gasteiger partial charge in [-0.05, 0) is 13.8 Å². The van der Waals surface area contributed by atoms with Crippen LogP contribution in [0.1, 0.15) is 13.8 Å². The van der Waals surface area contributed by atoms with Crippen LogP contribution in [-0.4, -0.2) is 31.2 Å². The molecular weight excluding hydrogens is 192 g/mol. The summed E-state index contributed by atoms with van der Waals surface area (Å²) in [4.78, 5) is 10.8. The van der Waals surface area contributed by atoms with Gasteiger partial charge >= 0.3 is 5.97 Å². The standard InChI is InChI=1S/C9H15ClO3/c1-7(2)9(11)13-5-4-12-6-8(3)10/h8H,1,4-6H2,2-3H3. The Hall–Kier alpha value is -0.540. The van der Waals surface area contributed by atoms with E-state index in [2.05, 4.69) is 6.58 Å². The molecule has 0 N–H and O–H groups in total. The maximum Gasteiger partial charge on any atom is 0.333 e. The van der Waals surface area contributed by atoms with Crippen molar-refractivity contribution in [3.8, 4) is 0 Å². The van der Waals surface area contributed by atoms with Gasteiger partial charge in [-0.3, -0.25) is 0 Å². The van der Waals surface area contributed by atoms with E-state index < -0.39 is 0 Å². The zero-order chi connectivity index (χ0) is 10.3. The molecule has 76 valence electrons. The van der Waals surface area contributed by atoms with Crippen molar-refractivity contribution in [3.05, 3.63) is 12.2 Å². The minimum atomic E-state index is -0.387. The molecular formula is C9H15ClO3. The fourth-order valence-electron chi connectivity index (χ4n) is 0.562. The summed E-state index contributed by atoms with van der Waals surface area (Å²) in [7, 11) is 0. The van der Waals surface area contributed by atoms with Crippen molar-refractivity contribution < 1.29 is 14.3 Å². The van der Waals surface area contributed by atoms with Gasteiger partial charge in [-0.2, -0.15) is 0 Å². The van der Waals surface area contributed by atoms with Crippen LogP contribution in [0.25, 0.3) is 0 Å².